The zero-order valence-electron chi connectivity index (χ0n) is 12.1. The summed E-state index contributed by atoms with van der Waals surface area (Å²) in [5.41, 5.74) is 6.88. The predicted molar refractivity (Wildman–Crippen MR) is 76.3 cm³/mol. The van der Waals surface area contributed by atoms with Gasteiger partial charge in [-0.1, -0.05) is 12.1 Å². The Bertz CT molecular complexity index is 676. The van der Waals surface area contributed by atoms with E-state index in [2.05, 4.69) is 15.5 Å². The molecule has 3 heterocycles. The molecule has 2 fully saturated rings. The normalized spacial score (nSPS) is 30.5. The number of nitrogens with two attached hydrogens (primary N) is 1. The first-order valence-corrected chi connectivity index (χ1v) is 7.19. The molecule has 116 valence electrons. The van der Waals surface area contributed by atoms with Crippen LogP contribution in [0.5, 0.6) is 5.75 Å². The lowest BCUT2D eigenvalue weighted by atomic mass is 10.1. The molecular weight excluding hydrogens is 286 g/mol. The van der Waals surface area contributed by atoms with Crippen LogP contribution in [-0.2, 0) is 9.47 Å². The van der Waals surface area contributed by atoms with E-state index in [0.717, 1.165) is 11.3 Å². The van der Waals surface area contributed by atoms with Crippen LogP contribution in [0.4, 0.5) is 0 Å². The van der Waals surface area contributed by atoms with E-state index < -0.39 is 0 Å². The molecule has 0 spiro atoms. The van der Waals surface area contributed by atoms with Gasteiger partial charge in [0.15, 0.2) is 5.82 Å². The second-order valence-corrected chi connectivity index (χ2v) is 5.51. The number of methoxy groups -OCH3 is 1. The van der Waals surface area contributed by atoms with Crippen molar-refractivity contribution in [3.05, 3.63) is 24.3 Å². The zero-order chi connectivity index (χ0) is 15.1. The smallest absolute Gasteiger partial charge is 0.182 e. The van der Waals surface area contributed by atoms with Crippen LogP contribution in [0.2, 0.25) is 0 Å². The van der Waals surface area contributed by atoms with Crippen LogP contribution >= 0.6 is 0 Å². The molecule has 2 aromatic rings. The standard InChI is InChI=1S/C14H17N5O3/c1-20-9-4-2-3-8(5-9)14-16-17-18-19(14)11-7-22-12-10(15)6-21-13(11)12/h2-5,10-13H,6-7,15H2,1H3/t10-,11-,12+,13+/m0/s1. The lowest BCUT2D eigenvalue weighted by molar-refractivity contribution is 0.0629. The topological polar surface area (TPSA) is 97.3 Å². The van der Waals surface area contributed by atoms with E-state index in [4.69, 9.17) is 19.9 Å². The van der Waals surface area contributed by atoms with Gasteiger partial charge >= 0.3 is 0 Å². The van der Waals surface area contributed by atoms with Crippen LogP contribution in [0.1, 0.15) is 6.04 Å². The minimum absolute atomic E-state index is 0.0743. The number of nitrogens with zero attached hydrogens (tertiary/aromatic N) is 4. The zero-order valence-corrected chi connectivity index (χ0v) is 12.1. The Morgan fingerprint density at radius 1 is 1.27 bits per heavy atom. The fourth-order valence-corrected chi connectivity index (χ4v) is 3.09. The van der Waals surface area contributed by atoms with Gasteiger partial charge < -0.3 is 19.9 Å². The Kier molecular flexibility index (Phi) is 3.29. The molecule has 8 heteroatoms. The molecule has 0 aliphatic carbocycles. The molecular formula is C14H17N5O3. The maximum absolute atomic E-state index is 6.00. The quantitative estimate of drug-likeness (QED) is 0.853. The average molecular weight is 303 g/mol. The Morgan fingerprint density at radius 2 is 2.14 bits per heavy atom. The van der Waals surface area contributed by atoms with Crippen molar-refractivity contribution in [1.82, 2.24) is 20.2 Å². The highest BCUT2D eigenvalue weighted by molar-refractivity contribution is 5.57. The Balaban J connectivity index is 1.68. The summed E-state index contributed by atoms with van der Waals surface area (Å²) in [6, 6.07) is 7.46. The van der Waals surface area contributed by atoms with Gasteiger partial charge in [0.25, 0.3) is 0 Å². The molecule has 2 N–H and O–H groups in total. The highest BCUT2D eigenvalue weighted by Crippen LogP contribution is 2.35. The molecule has 4 atom stereocenters. The van der Waals surface area contributed by atoms with E-state index in [-0.39, 0.29) is 24.3 Å². The molecule has 2 saturated heterocycles. The molecule has 0 bridgehead atoms. The van der Waals surface area contributed by atoms with E-state index in [9.17, 15) is 0 Å². The highest BCUT2D eigenvalue weighted by Gasteiger charge is 2.48. The minimum Gasteiger partial charge on any atom is -0.497 e. The molecule has 1 aromatic heterocycles. The number of hydrogen-bond donors (Lipinski definition) is 1. The van der Waals surface area contributed by atoms with E-state index in [1.165, 1.54) is 0 Å². The number of aromatic nitrogens is 4. The van der Waals surface area contributed by atoms with Crippen LogP contribution in [0.3, 0.4) is 0 Å². The van der Waals surface area contributed by atoms with Crippen molar-refractivity contribution in [2.24, 2.45) is 5.73 Å². The number of ether oxygens (including phenoxy) is 3. The van der Waals surface area contributed by atoms with Crippen molar-refractivity contribution < 1.29 is 14.2 Å². The summed E-state index contributed by atoms with van der Waals surface area (Å²) in [7, 11) is 1.63. The Labute approximate surface area is 127 Å². The molecule has 0 amide bonds. The summed E-state index contributed by atoms with van der Waals surface area (Å²) in [6.45, 7) is 0.994. The van der Waals surface area contributed by atoms with Crippen LogP contribution in [0.25, 0.3) is 11.4 Å². The summed E-state index contributed by atoms with van der Waals surface area (Å²) in [5, 5.41) is 12.1. The summed E-state index contributed by atoms with van der Waals surface area (Å²) < 4.78 is 18.6. The summed E-state index contributed by atoms with van der Waals surface area (Å²) in [4.78, 5) is 0. The van der Waals surface area contributed by atoms with Gasteiger partial charge in [-0.15, -0.1) is 5.10 Å². The lowest BCUT2D eigenvalue weighted by Crippen LogP contribution is -2.36. The molecule has 0 radical (unpaired) electrons. The van der Waals surface area contributed by atoms with E-state index >= 15 is 0 Å². The SMILES string of the molecule is COc1cccc(-c2nnnn2[C@H]2CO[C@H]3[C@@H]2OC[C@@H]3N)c1. The van der Waals surface area contributed by atoms with Crippen LogP contribution in [0, 0.1) is 0 Å². The van der Waals surface area contributed by atoms with Gasteiger partial charge in [-0.2, -0.15) is 0 Å². The number of hydrogen-bond acceptors (Lipinski definition) is 7. The molecule has 2 aliphatic rings. The van der Waals surface area contributed by atoms with Gasteiger partial charge in [0, 0.05) is 5.56 Å². The van der Waals surface area contributed by atoms with Crippen molar-refractivity contribution in [1.29, 1.82) is 0 Å². The number of tetrazole rings is 1. The summed E-state index contributed by atoms with van der Waals surface area (Å²) in [5.74, 6) is 1.42. The van der Waals surface area contributed by atoms with Gasteiger partial charge in [0.1, 0.15) is 24.0 Å². The van der Waals surface area contributed by atoms with Crippen molar-refractivity contribution in [2.45, 2.75) is 24.3 Å². The molecule has 0 unspecified atom stereocenters. The molecule has 22 heavy (non-hydrogen) atoms. The van der Waals surface area contributed by atoms with Gasteiger partial charge in [-0.3, -0.25) is 0 Å². The average Bonchev–Trinajstić information content (AvgIpc) is 3.25. The predicted octanol–water partition coefficient (Wildman–Crippen LogP) is 0.0147. The largest absolute Gasteiger partial charge is 0.497 e. The first-order valence-electron chi connectivity index (χ1n) is 7.19. The van der Waals surface area contributed by atoms with E-state index in [1.54, 1.807) is 11.8 Å². The molecule has 8 nitrogen and oxygen atoms in total. The van der Waals surface area contributed by atoms with Crippen LogP contribution in [0.15, 0.2) is 24.3 Å². The number of benzene rings is 1. The summed E-state index contributed by atoms with van der Waals surface area (Å²) in [6.07, 6.45) is -0.199. The monoisotopic (exact) mass is 303 g/mol. The van der Waals surface area contributed by atoms with Gasteiger partial charge in [0.2, 0.25) is 0 Å². The third-order valence-corrected chi connectivity index (χ3v) is 4.20. The fourth-order valence-electron chi connectivity index (χ4n) is 3.09. The fraction of sp³-hybridized carbons (Fsp3) is 0.500. The second-order valence-electron chi connectivity index (χ2n) is 5.51. The van der Waals surface area contributed by atoms with Gasteiger partial charge in [-0.25, -0.2) is 4.68 Å². The minimum atomic E-state index is -0.108. The number of fused-ring (bicyclic) bond motifs is 1. The third kappa shape index (κ3) is 2.07. The van der Waals surface area contributed by atoms with E-state index in [0.29, 0.717) is 19.0 Å². The molecule has 0 saturated carbocycles. The summed E-state index contributed by atoms with van der Waals surface area (Å²) >= 11 is 0. The highest BCUT2D eigenvalue weighted by atomic mass is 16.6. The Morgan fingerprint density at radius 3 is 3.00 bits per heavy atom. The maximum atomic E-state index is 6.00. The van der Waals surface area contributed by atoms with Crippen molar-refractivity contribution in [3.8, 4) is 17.1 Å². The third-order valence-electron chi connectivity index (χ3n) is 4.20. The van der Waals surface area contributed by atoms with Crippen molar-refractivity contribution >= 4 is 0 Å². The first kappa shape index (κ1) is 13.6. The maximum Gasteiger partial charge on any atom is 0.182 e. The Hall–Kier alpha value is -2.03. The number of rotatable bonds is 3. The second kappa shape index (κ2) is 5.31. The van der Waals surface area contributed by atoms with E-state index in [1.807, 2.05) is 24.3 Å². The van der Waals surface area contributed by atoms with Gasteiger partial charge in [-0.05, 0) is 22.6 Å². The molecule has 4 rings (SSSR count). The van der Waals surface area contributed by atoms with Crippen molar-refractivity contribution in [2.75, 3.05) is 20.3 Å². The van der Waals surface area contributed by atoms with Crippen molar-refractivity contribution in [3.63, 3.8) is 0 Å². The van der Waals surface area contributed by atoms with Crippen LogP contribution in [-0.4, -0.2) is 58.8 Å². The van der Waals surface area contributed by atoms with Crippen LogP contribution < -0.4 is 10.5 Å². The molecule has 1 aromatic carbocycles. The lowest BCUT2D eigenvalue weighted by Gasteiger charge is -2.17. The first-order chi connectivity index (χ1) is 10.8. The molecule has 2 aliphatic heterocycles. The van der Waals surface area contributed by atoms with Gasteiger partial charge in [0.05, 0.1) is 26.4 Å².